The molecule has 0 aliphatic heterocycles. The molecule has 0 atom stereocenters. The molecular weight excluding hydrogens is 376 g/mol. The zero-order valence-corrected chi connectivity index (χ0v) is 19.5. The molecule has 0 amide bonds. The molecule has 0 spiro atoms. The second-order valence-corrected chi connectivity index (χ2v) is 7.45. The summed E-state index contributed by atoms with van der Waals surface area (Å²) >= 11 is 0. The highest BCUT2D eigenvalue weighted by Gasteiger charge is 1.95. The smallest absolute Gasteiger partial charge is 0.303 e. The predicted octanol–water partition coefficient (Wildman–Crippen LogP) is 3.97. The lowest BCUT2D eigenvalue weighted by Gasteiger charge is -2.03. The van der Waals surface area contributed by atoms with E-state index in [0.29, 0.717) is 19.5 Å². The third-order valence-corrected chi connectivity index (χ3v) is 4.46. The lowest BCUT2D eigenvalue weighted by atomic mass is 10.1. The number of unbranched alkanes of at least 4 members (excludes halogenated alkanes) is 8. The molecule has 0 aliphatic rings. The Bertz CT molecular complexity index is 379. The highest BCUT2D eigenvalue weighted by molar-refractivity contribution is 5.66. The number of rotatable bonds is 21. The van der Waals surface area contributed by atoms with Gasteiger partial charge in [-0.1, -0.05) is 63.3 Å². The van der Waals surface area contributed by atoms with E-state index >= 15 is 0 Å². The van der Waals surface area contributed by atoms with Gasteiger partial charge < -0.3 is 27.2 Å². The predicted molar refractivity (Wildman–Crippen MR) is 131 cm³/mol. The van der Waals surface area contributed by atoms with Crippen molar-refractivity contribution in [3.8, 4) is 0 Å². The molecule has 0 aliphatic carbocycles. The second kappa shape index (κ2) is 30.0. The summed E-state index contributed by atoms with van der Waals surface area (Å²) in [5, 5.41) is 14.8. The maximum absolute atomic E-state index is 10.3. The largest absolute Gasteiger partial charge is 0.481 e. The number of allylic oxidation sites excluding steroid dienone is 4. The van der Waals surface area contributed by atoms with Crippen molar-refractivity contribution in [2.45, 2.75) is 84.0 Å². The van der Waals surface area contributed by atoms with Gasteiger partial charge >= 0.3 is 5.97 Å². The van der Waals surface area contributed by atoms with Gasteiger partial charge in [0, 0.05) is 45.7 Å². The Hall–Kier alpha value is -1.21. The van der Waals surface area contributed by atoms with Crippen LogP contribution in [0.5, 0.6) is 0 Å². The Morgan fingerprint density at radius 1 is 0.733 bits per heavy atom. The van der Waals surface area contributed by atoms with Gasteiger partial charge in [-0.2, -0.15) is 0 Å². The number of nitrogens with one attached hydrogen (secondary N) is 2. The second-order valence-electron chi connectivity index (χ2n) is 7.45. The number of hydrogen-bond donors (Lipinski definition) is 5. The van der Waals surface area contributed by atoms with E-state index in [2.05, 4.69) is 41.9 Å². The van der Waals surface area contributed by atoms with Gasteiger partial charge in [-0.05, 0) is 38.5 Å². The quantitative estimate of drug-likeness (QED) is 0.140. The molecule has 0 aromatic rings. The van der Waals surface area contributed by atoms with E-state index < -0.39 is 5.97 Å². The normalized spacial score (nSPS) is 11.2. The summed E-state index contributed by atoms with van der Waals surface area (Å²) in [6.45, 7) is 7.37. The van der Waals surface area contributed by atoms with Gasteiger partial charge in [0.05, 0.1) is 0 Å². The first-order chi connectivity index (χ1) is 14.7. The minimum atomic E-state index is -0.671. The summed E-state index contributed by atoms with van der Waals surface area (Å²) < 4.78 is 0. The van der Waals surface area contributed by atoms with Crippen LogP contribution in [0.25, 0.3) is 0 Å². The van der Waals surface area contributed by atoms with E-state index in [1.807, 2.05) is 0 Å². The van der Waals surface area contributed by atoms with E-state index in [1.165, 1.54) is 44.9 Å². The average Bonchev–Trinajstić information content (AvgIpc) is 2.74. The molecule has 0 aromatic heterocycles. The van der Waals surface area contributed by atoms with E-state index in [0.717, 1.165) is 51.9 Å². The Balaban J connectivity index is 0. The fourth-order valence-electron chi connectivity index (χ4n) is 2.72. The number of nitrogens with two attached hydrogens (primary N) is 2. The Labute approximate surface area is 185 Å². The number of carbonyl (C=O) groups is 1. The van der Waals surface area contributed by atoms with Crippen molar-refractivity contribution in [2.75, 3.05) is 39.3 Å². The van der Waals surface area contributed by atoms with Crippen LogP contribution < -0.4 is 22.1 Å². The van der Waals surface area contributed by atoms with Gasteiger partial charge in [0.2, 0.25) is 0 Å². The van der Waals surface area contributed by atoms with E-state index in [9.17, 15) is 4.79 Å². The molecule has 0 rings (SSSR count). The van der Waals surface area contributed by atoms with Crippen LogP contribution in [0.15, 0.2) is 24.3 Å². The van der Waals surface area contributed by atoms with E-state index in [-0.39, 0.29) is 0 Å². The fraction of sp³-hybridized carbons (Fsp3) is 0.792. The first-order valence-corrected chi connectivity index (χ1v) is 12.0. The van der Waals surface area contributed by atoms with Gasteiger partial charge in [0.25, 0.3) is 0 Å². The first kappa shape index (κ1) is 31.0. The van der Waals surface area contributed by atoms with Gasteiger partial charge in [-0.25, -0.2) is 0 Å². The molecule has 7 N–H and O–H groups in total. The van der Waals surface area contributed by atoms with E-state index in [1.54, 1.807) is 0 Å². The van der Waals surface area contributed by atoms with Gasteiger partial charge in [0.1, 0.15) is 0 Å². The third-order valence-electron chi connectivity index (χ3n) is 4.46. The van der Waals surface area contributed by atoms with Gasteiger partial charge in [-0.15, -0.1) is 0 Å². The van der Waals surface area contributed by atoms with Crippen molar-refractivity contribution in [3.63, 3.8) is 0 Å². The average molecular weight is 427 g/mol. The van der Waals surface area contributed by atoms with Crippen LogP contribution in [0.4, 0.5) is 0 Å². The molecule has 0 aromatic carbocycles. The van der Waals surface area contributed by atoms with Crippen molar-refractivity contribution >= 4 is 5.97 Å². The molecule has 0 saturated carbocycles. The van der Waals surface area contributed by atoms with Crippen molar-refractivity contribution in [1.29, 1.82) is 0 Å². The SMILES string of the molecule is CCCCC/C=C\C/C=C\CCCCCCCC(=O)O.NCCNCCNCCN. The van der Waals surface area contributed by atoms with Crippen LogP contribution in [-0.2, 0) is 4.79 Å². The van der Waals surface area contributed by atoms with Crippen LogP contribution in [-0.4, -0.2) is 50.3 Å². The summed E-state index contributed by atoms with van der Waals surface area (Å²) in [7, 11) is 0. The van der Waals surface area contributed by atoms with Gasteiger partial charge in [-0.3, -0.25) is 4.79 Å². The molecule has 178 valence electrons. The zero-order chi connectivity index (χ0) is 22.5. The Morgan fingerprint density at radius 3 is 1.73 bits per heavy atom. The highest BCUT2D eigenvalue weighted by atomic mass is 16.4. The standard InChI is InChI=1S/C18H32O2.C6H18N4/c1-2-3-4-5-6-7-8-9-10-11-12-13-14-15-16-17-18(19)20;7-1-3-9-5-6-10-4-2-8/h6-7,9-10H,2-5,8,11-17H2,1H3,(H,19,20);9-10H,1-8H2/b7-6-,10-9-;. The molecule has 0 saturated heterocycles. The fourth-order valence-corrected chi connectivity index (χ4v) is 2.72. The lowest BCUT2D eigenvalue weighted by molar-refractivity contribution is -0.137. The number of aliphatic carboxylic acids is 1. The van der Waals surface area contributed by atoms with Crippen molar-refractivity contribution < 1.29 is 9.90 Å². The molecule has 0 radical (unpaired) electrons. The van der Waals surface area contributed by atoms with Crippen molar-refractivity contribution in [3.05, 3.63) is 24.3 Å². The summed E-state index contributed by atoms with van der Waals surface area (Å²) in [4.78, 5) is 10.3. The maximum atomic E-state index is 10.3. The summed E-state index contributed by atoms with van der Waals surface area (Å²) in [6, 6.07) is 0. The Kier molecular flexibility index (Phi) is 31.0. The highest BCUT2D eigenvalue weighted by Crippen LogP contribution is 2.08. The minimum Gasteiger partial charge on any atom is -0.481 e. The lowest BCUT2D eigenvalue weighted by Crippen LogP contribution is -2.32. The first-order valence-electron chi connectivity index (χ1n) is 12.0. The van der Waals surface area contributed by atoms with E-state index in [4.69, 9.17) is 16.6 Å². The molecule has 6 heteroatoms. The number of hydrogen-bond acceptors (Lipinski definition) is 5. The van der Waals surface area contributed by atoms with Crippen LogP contribution in [0.3, 0.4) is 0 Å². The van der Waals surface area contributed by atoms with Crippen molar-refractivity contribution in [2.24, 2.45) is 11.5 Å². The molecule has 0 unspecified atom stereocenters. The summed E-state index contributed by atoms with van der Waals surface area (Å²) in [6.07, 6.45) is 22.3. The Morgan fingerprint density at radius 2 is 1.23 bits per heavy atom. The molecule has 0 heterocycles. The molecule has 30 heavy (non-hydrogen) atoms. The van der Waals surface area contributed by atoms with Gasteiger partial charge in [0.15, 0.2) is 0 Å². The van der Waals surface area contributed by atoms with Crippen molar-refractivity contribution in [1.82, 2.24) is 10.6 Å². The van der Waals surface area contributed by atoms with Crippen LogP contribution in [0.1, 0.15) is 84.0 Å². The summed E-state index contributed by atoms with van der Waals surface area (Å²) in [5.74, 6) is -0.671. The maximum Gasteiger partial charge on any atom is 0.303 e. The molecule has 0 fully saturated rings. The number of carboxylic acid groups (broad SMARTS) is 1. The van der Waals surface area contributed by atoms with Crippen LogP contribution >= 0.6 is 0 Å². The monoisotopic (exact) mass is 426 g/mol. The zero-order valence-electron chi connectivity index (χ0n) is 19.5. The minimum absolute atomic E-state index is 0.324. The van der Waals surface area contributed by atoms with Crippen LogP contribution in [0, 0.1) is 0 Å². The molecular formula is C24H50N4O2. The summed E-state index contributed by atoms with van der Waals surface area (Å²) in [5.41, 5.74) is 10.5. The topological polar surface area (TPSA) is 113 Å². The number of carboxylic acids is 1. The molecule has 0 bridgehead atoms. The third kappa shape index (κ3) is 34.3. The molecule has 6 nitrogen and oxygen atoms in total. The van der Waals surface area contributed by atoms with Crippen LogP contribution in [0.2, 0.25) is 0 Å².